The van der Waals surface area contributed by atoms with Crippen molar-refractivity contribution >= 4 is 11.6 Å². The molecule has 0 radical (unpaired) electrons. The monoisotopic (exact) mass is 364 g/mol. The molecule has 1 saturated heterocycles. The summed E-state index contributed by atoms with van der Waals surface area (Å²) in [6.07, 6.45) is 5.37. The summed E-state index contributed by atoms with van der Waals surface area (Å²) in [5.74, 6) is 1.04. The molecule has 146 valence electrons. The van der Waals surface area contributed by atoms with Crippen LogP contribution in [0.15, 0.2) is 17.1 Å². The molecular weight excluding hydrogens is 332 g/mol. The van der Waals surface area contributed by atoms with E-state index in [1.54, 1.807) is 19.4 Å². The van der Waals surface area contributed by atoms with Gasteiger partial charge in [-0.15, -0.1) is 0 Å². The van der Waals surface area contributed by atoms with Crippen molar-refractivity contribution in [1.29, 1.82) is 0 Å². The molecule has 0 aromatic carbocycles. The zero-order valence-electron chi connectivity index (χ0n) is 16.2. The number of methoxy groups -OCH3 is 1. The number of nitrogens with zero attached hydrogens (tertiary/aromatic N) is 3. The van der Waals surface area contributed by atoms with Gasteiger partial charge in [-0.3, -0.25) is 9.59 Å². The minimum absolute atomic E-state index is 0.117. The van der Waals surface area contributed by atoms with E-state index >= 15 is 0 Å². The predicted octanol–water partition coefficient (Wildman–Crippen LogP) is 1.66. The van der Waals surface area contributed by atoms with E-state index in [1.165, 1.54) is 4.68 Å². The highest BCUT2D eigenvalue weighted by atomic mass is 16.5. The van der Waals surface area contributed by atoms with Gasteiger partial charge in [0.15, 0.2) is 0 Å². The largest absolute Gasteiger partial charge is 0.383 e. The topological polar surface area (TPSA) is 76.5 Å². The van der Waals surface area contributed by atoms with Crippen LogP contribution in [0.3, 0.4) is 0 Å². The number of nitrogens with one attached hydrogen (secondary N) is 1. The van der Waals surface area contributed by atoms with E-state index in [0.717, 1.165) is 44.6 Å². The van der Waals surface area contributed by atoms with Crippen molar-refractivity contribution < 1.29 is 9.53 Å². The van der Waals surface area contributed by atoms with Gasteiger partial charge in [-0.1, -0.05) is 13.8 Å². The predicted molar refractivity (Wildman–Crippen MR) is 102 cm³/mol. The molecule has 1 atom stereocenters. The standard InChI is InChI=1S/C19H32N4O3/c1-15(2)6-7-20-18(24)11-16-5-4-8-22(14-16)17-12-19(25)23(21-13-17)9-10-26-3/h12-13,15-16H,4-11,14H2,1-3H3,(H,20,24). The number of hydrogen-bond acceptors (Lipinski definition) is 5. The molecule has 1 amide bonds. The molecule has 1 aliphatic heterocycles. The smallest absolute Gasteiger partial charge is 0.268 e. The molecule has 1 unspecified atom stereocenters. The van der Waals surface area contributed by atoms with Crippen LogP contribution in [0.2, 0.25) is 0 Å². The lowest BCUT2D eigenvalue weighted by Gasteiger charge is -2.34. The van der Waals surface area contributed by atoms with Gasteiger partial charge in [-0.05, 0) is 31.1 Å². The number of amides is 1. The summed E-state index contributed by atoms with van der Waals surface area (Å²) in [6, 6.07) is 1.63. The molecule has 1 aromatic heterocycles. The first kappa shape index (κ1) is 20.4. The Balaban J connectivity index is 1.88. The number of rotatable bonds is 9. The van der Waals surface area contributed by atoms with E-state index in [1.807, 2.05) is 0 Å². The van der Waals surface area contributed by atoms with Crippen molar-refractivity contribution in [1.82, 2.24) is 15.1 Å². The number of carbonyl (C=O) groups is 1. The Morgan fingerprint density at radius 3 is 2.96 bits per heavy atom. The maximum absolute atomic E-state index is 12.2. The fourth-order valence-electron chi connectivity index (χ4n) is 3.24. The molecule has 0 spiro atoms. The van der Waals surface area contributed by atoms with Crippen LogP contribution in [0.1, 0.15) is 39.5 Å². The van der Waals surface area contributed by atoms with Crippen LogP contribution in [-0.2, 0) is 16.1 Å². The Morgan fingerprint density at radius 1 is 1.46 bits per heavy atom. The number of aromatic nitrogens is 2. The van der Waals surface area contributed by atoms with Crippen LogP contribution in [0.25, 0.3) is 0 Å². The van der Waals surface area contributed by atoms with Crippen molar-refractivity contribution in [3.05, 3.63) is 22.6 Å². The third-order valence-electron chi connectivity index (χ3n) is 4.76. The van der Waals surface area contributed by atoms with Crippen LogP contribution < -0.4 is 15.8 Å². The molecule has 1 aromatic rings. The summed E-state index contributed by atoms with van der Waals surface area (Å²) in [5.41, 5.74) is 0.724. The van der Waals surface area contributed by atoms with E-state index in [4.69, 9.17) is 4.74 Å². The average molecular weight is 364 g/mol. The molecule has 1 N–H and O–H groups in total. The van der Waals surface area contributed by atoms with Gasteiger partial charge in [-0.2, -0.15) is 5.10 Å². The summed E-state index contributed by atoms with van der Waals surface area (Å²) < 4.78 is 6.40. The normalized spacial score (nSPS) is 17.5. The van der Waals surface area contributed by atoms with Gasteiger partial charge in [0.2, 0.25) is 5.91 Å². The van der Waals surface area contributed by atoms with Gasteiger partial charge in [0.05, 0.1) is 25.0 Å². The maximum Gasteiger partial charge on any atom is 0.268 e. The molecule has 1 fully saturated rings. The third kappa shape index (κ3) is 6.44. The van der Waals surface area contributed by atoms with Crippen LogP contribution in [0.4, 0.5) is 5.69 Å². The van der Waals surface area contributed by atoms with Crippen LogP contribution >= 0.6 is 0 Å². The van der Waals surface area contributed by atoms with E-state index in [9.17, 15) is 9.59 Å². The highest BCUT2D eigenvalue weighted by Gasteiger charge is 2.23. The van der Waals surface area contributed by atoms with Crippen molar-refractivity contribution in [2.75, 3.05) is 38.3 Å². The lowest BCUT2D eigenvalue weighted by atomic mass is 9.94. The number of piperidine rings is 1. The van der Waals surface area contributed by atoms with Crippen molar-refractivity contribution in [2.24, 2.45) is 11.8 Å². The van der Waals surface area contributed by atoms with Gasteiger partial charge in [0.25, 0.3) is 5.56 Å². The SMILES string of the molecule is COCCn1ncc(N2CCCC(CC(=O)NCCC(C)C)C2)cc1=O. The van der Waals surface area contributed by atoms with E-state index in [0.29, 0.717) is 31.4 Å². The number of anilines is 1. The highest BCUT2D eigenvalue weighted by Crippen LogP contribution is 2.23. The minimum Gasteiger partial charge on any atom is -0.383 e. The lowest BCUT2D eigenvalue weighted by molar-refractivity contribution is -0.122. The summed E-state index contributed by atoms with van der Waals surface area (Å²) >= 11 is 0. The molecule has 2 heterocycles. The average Bonchev–Trinajstić information content (AvgIpc) is 2.60. The van der Waals surface area contributed by atoms with E-state index in [-0.39, 0.29) is 11.5 Å². The molecule has 0 saturated carbocycles. The molecule has 26 heavy (non-hydrogen) atoms. The fraction of sp³-hybridized carbons (Fsp3) is 0.737. The van der Waals surface area contributed by atoms with Gasteiger partial charge >= 0.3 is 0 Å². The second kappa shape index (κ2) is 10.3. The lowest BCUT2D eigenvalue weighted by Crippen LogP contribution is -2.39. The first-order valence-corrected chi connectivity index (χ1v) is 9.57. The first-order valence-electron chi connectivity index (χ1n) is 9.57. The van der Waals surface area contributed by atoms with Crippen molar-refractivity contribution in [2.45, 2.75) is 46.1 Å². The number of hydrogen-bond donors (Lipinski definition) is 1. The van der Waals surface area contributed by atoms with E-state index < -0.39 is 0 Å². The minimum atomic E-state index is -0.117. The quantitative estimate of drug-likeness (QED) is 0.721. The van der Waals surface area contributed by atoms with Gasteiger partial charge < -0.3 is 15.0 Å². The van der Waals surface area contributed by atoms with Crippen molar-refractivity contribution in [3.63, 3.8) is 0 Å². The van der Waals surface area contributed by atoms with Crippen LogP contribution in [-0.4, -0.2) is 49.0 Å². The summed E-state index contributed by atoms with van der Waals surface area (Å²) in [6.45, 7) is 7.66. The maximum atomic E-state index is 12.2. The molecule has 2 rings (SSSR count). The second-order valence-corrected chi connectivity index (χ2v) is 7.46. The number of ether oxygens (including phenoxy) is 1. The first-order chi connectivity index (χ1) is 12.5. The highest BCUT2D eigenvalue weighted by molar-refractivity contribution is 5.76. The molecule has 7 nitrogen and oxygen atoms in total. The van der Waals surface area contributed by atoms with Gasteiger partial charge in [0, 0.05) is 39.2 Å². The molecule has 1 aliphatic rings. The molecule has 0 bridgehead atoms. The Bertz CT molecular complexity index is 629. The molecule has 7 heteroatoms. The van der Waals surface area contributed by atoms with E-state index in [2.05, 4.69) is 29.2 Å². The zero-order chi connectivity index (χ0) is 18.9. The fourth-order valence-corrected chi connectivity index (χ4v) is 3.24. The second-order valence-electron chi connectivity index (χ2n) is 7.46. The van der Waals surface area contributed by atoms with Gasteiger partial charge in [-0.25, -0.2) is 4.68 Å². The summed E-state index contributed by atoms with van der Waals surface area (Å²) in [7, 11) is 1.60. The van der Waals surface area contributed by atoms with Crippen molar-refractivity contribution in [3.8, 4) is 0 Å². The summed E-state index contributed by atoms with van der Waals surface area (Å²) in [5, 5.41) is 7.25. The number of carbonyl (C=O) groups excluding carboxylic acids is 1. The Kier molecular flexibility index (Phi) is 8.09. The van der Waals surface area contributed by atoms with Crippen LogP contribution in [0, 0.1) is 11.8 Å². The molecule has 0 aliphatic carbocycles. The molecular formula is C19H32N4O3. The van der Waals surface area contributed by atoms with Gasteiger partial charge in [0.1, 0.15) is 0 Å². The third-order valence-corrected chi connectivity index (χ3v) is 4.76. The zero-order valence-corrected chi connectivity index (χ0v) is 16.2. The summed E-state index contributed by atoms with van der Waals surface area (Å²) in [4.78, 5) is 26.5. The Morgan fingerprint density at radius 2 is 2.27 bits per heavy atom. The Hall–Kier alpha value is -1.89. The van der Waals surface area contributed by atoms with Crippen LogP contribution in [0.5, 0.6) is 0 Å². The Labute approximate surface area is 155 Å².